The first-order chi connectivity index (χ1) is 16.7. The van der Waals surface area contributed by atoms with E-state index in [0.717, 1.165) is 12.1 Å². The number of hydrogen-bond acceptors (Lipinski definition) is 8. The highest BCUT2D eigenvalue weighted by molar-refractivity contribution is 7.89. The molecule has 0 radical (unpaired) electrons. The minimum atomic E-state index is -5.87. The summed E-state index contributed by atoms with van der Waals surface area (Å²) in [5, 5.41) is 0. The number of rotatable bonds is 8. The van der Waals surface area contributed by atoms with Gasteiger partial charge in [-0.05, 0) is 74.2 Å². The molecular weight excluding hydrogens is 527 g/mol. The molecule has 0 saturated carbocycles. The van der Waals surface area contributed by atoms with Gasteiger partial charge in [0.05, 0.1) is 11.5 Å². The molecule has 3 rings (SSSR count). The summed E-state index contributed by atoms with van der Waals surface area (Å²) in [7, 11) is -9.93. The number of ether oxygens (including phenoxy) is 2. The maximum Gasteiger partial charge on any atom is 0.534 e. The van der Waals surface area contributed by atoms with E-state index in [-0.39, 0.29) is 31.1 Å². The number of alkyl halides is 3. The van der Waals surface area contributed by atoms with Gasteiger partial charge < -0.3 is 13.7 Å². The molecule has 0 fully saturated rings. The van der Waals surface area contributed by atoms with Crippen molar-refractivity contribution in [2.24, 2.45) is 0 Å². The van der Waals surface area contributed by atoms with E-state index in [9.17, 15) is 34.8 Å². The third-order valence-electron chi connectivity index (χ3n) is 5.49. The van der Waals surface area contributed by atoms with E-state index in [0.29, 0.717) is 22.4 Å². The van der Waals surface area contributed by atoms with Gasteiger partial charge in [-0.2, -0.15) is 25.9 Å². The normalized spacial score (nSPS) is 16.8. The maximum atomic E-state index is 13.4. The minimum absolute atomic E-state index is 0.0501. The largest absolute Gasteiger partial charge is 0.534 e. The second kappa shape index (κ2) is 10.3. The Bertz CT molecular complexity index is 1360. The Morgan fingerprint density at radius 2 is 1.81 bits per heavy atom. The zero-order valence-electron chi connectivity index (χ0n) is 19.5. The Morgan fingerprint density at radius 3 is 2.42 bits per heavy atom. The molecule has 0 spiro atoms. The van der Waals surface area contributed by atoms with E-state index >= 15 is 0 Å². The number of aryl methyl sites for hydroxylation is 1. The van der Waals surface area contributed by atoms with Crippen molar-refractivity contribution in [3.8, 4) is 11.5 Å². The lowest BCUT2D eigenvalue weighted by Gasteiger charge is -2.34. The number of carbonyl (C=O) groups excluding carboxylic acids is 1. The average Bonchev–Trinajstić information content (AvgIpc) is 2.78. The summed E-state index contributed by atoms with van der Waals surface area (Å²) in [6.07, 6.45) is 0.255. The molecule has 1 heterocycles. The Kier molecular flexibility index (Phi) is 7.91. The Balaban J connectivity index is 1.85. The molecule has 14 heteroatoms. The molecule has 1 aliphatic heterocycles. The van der Waals surface area contributed by atoms with Crippen LogP contribution in [0.5, 0.6) is 11.5 Å². The molecule has 0 saturated heterocycles. The van der Waals surface area contributed by atoms with E-state index in [1.54, 1.807) is 20.8 Å². The highest BCUT2D eigenvalue weighted by Crippen LogP contribution is 2.37. The monoisotopic (exact) mass is 551 g/mol. The van der Waals surface area contributed by atoms with Gasteiger partial charge in [-0.1, -0.05) is 6.07 Å². The van der Waals surface area contributed by atoms with E-state index in [2.05, 4.69) is 4.18 Å². The molecule has 1 atom stereocenters. The number of esters is 1. The van der Waals surface area contributed by atoms with Crippen molar-refractivity contribution in [3.05, 3.63) is 53.1 Å². The standard InChI is InChI=1S/C22H24F3NO8S2/c1-4-32-21(27)13-33-20-8-7-18(11-14(20)2)35(28,29)26-10-9-16-5-6-17(12-19(16)15(26)3)34-36(30,31)22(23,24)25/h5-8,11-12,15H,4,9-10,13H2,1-3H3. The van der Waals surface area contributed by atoms with E-state index < -0.39 is 43.4 Å². The molecular formula is C22H24F3NO8S2. The zero-order chi connectivity index (χ0) is 26.9. The summed E-state index contributed by atoms with van der Waals surface area (Å²) in [5.41, 5.74) is -4.16. The van der Waals surface area contributed by atoms with Crippen molar-refractivity contribution < 1.29 is 48.5 Å². The first-order valence-electron chi connectivity index (χ1n) is 10.7. The maximum absolute atomic E-state index is 13.4. The van der Waals surface area contributed by atoms with E-state index in [1.165, 1.54) is 28.6 Å². The number of nitrogens with zero attached hydrogens (tertiary/aromatic N) is 1. The number of hydrogen-bond donors (Lipinski definition) is 0. The molecule has 1 aliphatic rings. The van der Waals surface area contributed by atoms with Crippen LogP contribution in [0, 0.1) is 6.92 Å². The second-order valence-corrected chi connectivity index (χ2v) is 11.3. The topological polar surface area (TPSA) is 116 Å². The Labute approximate surface area is 206 Å². The zero-order valence-corrected chi connectivity index (χ0v) is 21.2. The summed E-state index contributed by atoms with van der Waals surface area (Å²) < 4.78 is 103. The number of carbonyl (C=O) groups is 1. The summed E-state index contributed by atoms with van der Waals surface area (Å²) >= 11 is 0. The molecule has 0 N–H and O–H groups in total. The fourth-order valence-corrected chi connectivity index (χ4v) is 5.89. The van der Waals surface area contributed by atoms with Gasteiger partial charge in [-0.15, -0.1) is 0 Å². The molecule has 0 amide bonds. The Morgan fingerprint density at radius 1 is 1.11 bits per heavy atom. The van der Waals surface area contributed by atoms with Gasteiger partial charge in [0, 0.05) is 12.6 Å². The fraction of sp³-hybridized carbons (Fsp3) is 0.409. The number of fused-ring (bicyclic) bond motifs is 1. The highest BCUT2D eigenvalue weighted by Gasteiger charge is 2.48. The van der Waals surface area contributed by atoms with Crippen molar-refractivity contribution >= 4 is 26.1 Å². The lowest BCUT2D eigenvalue weighted by molar-refractivity contribution is -0.145. The van der Waals surface area contributed by atoms with Crippen molar-refractivity contribution in [1.29, 1.82) is 0 Å². The molecule has 36 heavy (non-hydrogen) atoms. The minimum Gasteiger partial charge on any atom is -0.482 e. The second-order valence-electron chi connectivity index (χ2n) is 7.91. The fourth-order valence-electron chi connectivity index (χ4n) is 3.74. The molecule has 198 valence electrons. The van der Waals surface area contributed by atoms with Crippen molar-refractivity contribution in [3.63, 3.8) is 0 Å². The van der Waals surface area contributed by atoms with Gasteiger partial charge in [-0.3, -0.25) is 0 Å². The molecule has 0 aromatic heterocycles. The summed E-state index contributed by atoms with van der Waals surface area (Å²) in [5.74, 6) is -0.844. The lowest BCUT2D eigenvalue weighted by atomic mass is 9.95. The highest BCUT2D eigenvalue weighted by atomic mass is 32.2. The predicted molar refractivity (Wildman–Crippen MR) is 121 cm³/mol. The van der Waals surface area contributed by atoms with Crippen LogP contribution in [0.4, 0.5) is 13.2 Å². The van der Waals surface area contributed by atoms with Gasteiger partial charge in [0.1, 0.15) is 11.5 Å². The van der Waals surface area contributed by atoms with Gasteiger partial charge in [0.25, 0.3) is 0 Å². The van der Waals surface area contributed by atoms with Gasteiger partial charge >= 0.3 is 21.6 Å². The van der Waals surface area contributed by atoms with Crippen LogP contribution < -0.4 is 8.92 Å². The van der Waals surface area contributed by atoms with Crippen molar-refractivity contribution in [2.45, 2.75) is 43.6 Å². The van der Waals surface area contributed by atoms with Gasteiger partial charge in [0.2, 0.25) is 10.0 Å². The lowest BCUT2D eigenvalue weighted by Crippen LogP contribution is -2.38. The molecule has 0 bridgehead atoms. The van der Waals surface area contributed by atoms with Crippen molar-refractivity contribution in [1.82, 2.24) is 4.31 Å². The number of benzene rings is 2. The molecule has 9 nitrogen and oxygen atoms in total. The summed E-state index contributed by atoms with van der Waals surface area (Å²) in [4.78, 5) is 11.4. The first-order valence-corrected chi connectivity index (χ1v) is 13.6. The third-order valence-corrected chi connectivity index (χ3v) is 8.44. The summed E-state index contributed by atoms with van der Waals surface area (Å²) in [6, 6.07) is 6.90. The molecule has 0 aliphatic carbocycles. The average molecular weight is 552 g/mol. The smallest absolute Gasteiger partial charge is 0.482 e. The van der Waals surface area contributed by atoms with Crippen LogP contribution in [0.2, 0.25) is 0 Å². The summed E-state index contributed by atoms with van der Waals surface area (Å²) in [6.45, 7) is 4.76. The number of sulfonamides is 1. The van der Waals surface area contributed by atoms with Crippen LogP contribution in [0.1, 0.15) is 36.6 Å². The predicted octanol–water partition coefficient (Wildman–Crippen LogP) is 3.47. The van der Waals surface area contributed by atoms with Gasteiger partial charge in [-0.25, -0.2) is 13.2 Å². The van der Waals surface area contributed by atoms with Crippen LogP contribution in [-0.4, -0.2) is 52.4 Å². The van der Waals surface area contributed by atoms with Crippen LogP contribution >= 0.6 is 0 Å². The van der Waals surface area contributed by atoms with Gasteiger partial charge in [0.15, 0.2) is 6.61 Å². The molecule has 1 unspecified atom stereocenters. The quantitative estimate of drug-likeness (QED) is 0.278. The number of halogens is 3. The van der Waals surface area contributed by atoms with Crippen LogP contribution in [-0.2, 0) is 36.1 Å². The molecule has 2 aromatic carbocycles. The first kappa shape index (κ1) is 27.7. The third kappa shape index (κ3) is 5.76. The Hall–Kier alpha value is -2.84. The van der Waals surface area contributed by atoms with Crippen LogP contribution in [0.25, 0.3) is 0 Å². The SMILES string of the molecule is CCOC(=O)COc1ccc(S(=O)(=O)N2CCc3ccc(OS(=O)(=O)C(F)(F)F)cc3C2C)cc1C. The van der Waals surface area contributed by atoms with E-state index in [4.69, 9.17) is 9.47 Å². The van der Waals surface area contributed by atoms with Crippen LogP contribution in [0.15, 0.2) is 41.3 Å². The van der Waals surface area contributed by atoms with Crippen LogP contribution in [0.3, 0.4) is 0 Å². The van der Waals surface area contributed by atoms with Crippen molar-refractivity contribution in [2.75, 3.05) is 19.8 Å². The van der Waals surface area contributed by atoms with E-state index in [1.807, 2.05) is 0 Å². The molecule has 2 aromatic rings.